The van der Waals surface area contributed by atoms with Gasteiger partial charge in [0, 0.05) is 6.07 Å². The van der Waals surface area contributed by atoms with Crippen LogP contribution in [0.1, 0.15) is 5.69 Å². The lowest BCUT2D eigenvalue weighted by atomic mass is 10.3. The van der Waals surface area contributed by atoms with E-state index in [1.807, 2.05) is 0 Å². The Kier molecular flexibility index (Phi) is 2.88. The minimum atomic E-state index is -0.384. The summed E-state index contributed by atoms with van der Waals surface area (Å²) in [4.78, 5) is 0. The molecule has 78 valence electrons. The van der Waals surface area contributed by atoms with E-state index in [-0.39, 0.29) is 11.7 Å². The van der Waals surface area contributed by atoms with Gasteiger partial charge in [0.05, 0.1) is 28.5 Å². The minimum Gasteiger partial charge on any atom is -0.215 e. The Hall–Kier alpha value is -1.13. The van der Waals surface area contributed by atoms with Gasteiger partial charge >= 0.3 is 0 Å². The molecule has 0 amide bonds. The summed E-state index contributed by atoms with van der Waals surface area (Å²) in [6, 6.07) is 4.03. The third-order valence-electron chi connectivity index (χ3n) is 1.89. The van der Waals surface area contributed by atoms with Gasteiger partial charge in [-0.2, -0.15) is 0 Å². The molecule has 0 saturated heterocycles. The van der Waals surface area contributed by atoms with Crippen LogP contribution in [0.4, 0.5) is 4.39 Å². The molecule has 1 heterocycles. The number of hydrogen-bond acceptors (Lipinski definition) is 2. The molecule has 0 aliphatic carbocycles. The minimum absolute atomic E-state index is 0.236. The van der Waals surface area contributed by atoms with Crippen molar-refractivity contribution in [3.63, 3.8) is 0 Å². The number of rotatable bonds is 2. The summed E-state index contributed by atoms with van der Waals surface area (Å²) in [5, 5.41) is 7.87. The molecule has 0 spiro atoms. The number of halogens is 3. The predicted octanol–water partition coefficient (Wildman–Crippen LogP) is 2.80. The maximum absolute atomic E-state index is 13.0. The van der Waals surface area contributed by atoms with Crippen LogP contribution in [-0.4, -0.2) is 15.0 Å². The monoisotopic (exact) mass is 245 g/mol. The fraction of sp³-hybridized carbons (Fsp3) is 0.111. The highest BCUT2D eigenvalue weighted by molar-refractivity contribution is 6.32. The highest BCUT2D eigenvalue weighted by Crippen LogP contribution is 2.22. The normalized spacial score (nSPS) is 10.6. The first-order chi connectivity index (χ1) is 7.22. The van der Waals surface area contributed by atoms with Gasteiger partial charge in [0.2, 0.25) is 0 Å². The third-order valence-corrected chi connectivity index (χ3v) is 2.49. The van der Waals surface area contributed by atoms with Crippen LogP contribution in [0.2, 0.25) is 5.02 Å². The zero-order chi connectivity index (χ0) is 10.8. The van der Waals surface area contributed by atoms with Gasteiger partial charge in [-0.1, -0.05) is 16.8 Å². The SMILES string of the molecule is Fc1ccc(Cl)c(-n2nncc2CCl)c1. The topological polar surface area (TPSA) is 30.7 Å². The van der Waals surface area contributed by atoms with Crippen LogP contribution < -0.4 is 0 Å². The van der Waals surface area contributed by atoms with E-state index < -0.39 is 0 Å². The standard InChI is InChI=1S/C9H6Cl2FN3/c10-4-7-5-13-14-15(7)9-3-6(12)1-2-8(9)11/h1-3,5H,4H2. The lowest BCUT2D eigenvalue weighted by Crippen LogP contribution is -2.02. The summed E-state index contributed by atoms with van der Waals surface area (Å²) in [7, 11) is 0. The van der Waals surface area contributed by atoms with Gasteiger partial charge in [0.25, 0.3) is 0 Å². The molecule has 0 N–H and O–H groups in total. The van der Waals surface area contributed by atoms with Crippen molar-refractivity contribution in [1.29, 1.82) is 0 Å². The van der Waals surface area contributed by atoms with Gasteiger partial charge in [-0.3, -0.25) is 0 Å². The lowest BCUT2D eigenvalue weighted by Gasteiger charge is -2.05. The molecule has 3 nitrogen and oxygen atoms in total. The van der Waals surface area contributed by atoms with Crippen LogP contribution in [0.3, 0.4) is 0 Å². The van der Waals surface area contributed by atoms with E-state index in [2.05, 4.69) is 10.3 Å². The Morgan fingerprint density at radius 2 is 2.20 bits per heavy atom. The molecule has 15 heavy (non-hydrogen) atoms. The molecule has 0 unspecified atom stereocenters. The van der Waals surface area contributed by atoms with Gasteiger partial charge in [-0.05, 0) is 12.1 Å². The van der Waals surface area contributed by atoms with Crippen LogP contribution in [0, 0.1) is 5.82 Å². The van der Waals surface area contributed by atoms with Crippen molar-refractivity contribution in [1.82, 2.24) is 15.0 Å². The van der Waals surface area contributed by atoms with Crippen LogP contribution in [0.15, 0.2) is 24.4 Å². The molecule has 6 heteroatoms. The summed E-state index contributed by atoms with van der Waals surface area (Å²) in [5.74, 6) is -0.148. The fourth-order valence-corrected chi connectivity index (χ4v) is 1.58. The number of hydrogen-bond donors (Lipinski definition) is 0. The summed E-state index contributed by atoms with van der Waals surface area (Å²) >= 11 is 11.6. The van der Waals surface area contributed by atoms with Crippen LogP contribution >= 0.6 is 23.2 Å². The molecule has 1 aromatic carbocycles. The van der Waals surface area contributed by atoms with E-state index in [9.17, 15) is 4.39 Å². The molecule has 0 saturated carbocycles. The molecule has 2 aromatic rings. The van der Waals surface area contributed by atoms with E-state index in [0.29, 0.717) is 16.4 Å². The number of nitrogens with zero attached hydrogens (tertiary/aromatic N) is 3. The van der Waals surface area contributed by atoms with Crippen LogP contribution in [-0.2, 0) is 5.88 Å². The molecule has 2 rings (SSSR count). The fourth-order valence-electron chi connectivity index (χ4n) is 1.20. The van der Waals surface area contributed by atoms with Gasteiger partial charge < -0.3 is 0 Å². The van der Waals surface area contributed by atoms with Gasteiger partial charge in [0.1, 0.15) is 5.82 Å². The van der Waals surface area contributed by atoms with Crippen molar-refractivity contribution in [3.8, 4) is 5.69 Å². The molecule has 0 atom stereocenters. The van der Waals surface area contributed by atoms with Crippen molar-refractivity contribution < 1.29 is 4.39 Å². The highest BCUT2D eigenvalue weighted by Gasteiger charge is 2.09. The summed E-state index contributed by atoms with van der Waals surface area (Å²) in [6.45, 7) is 0. The van der Waals surface area contributed by atoms with Crippen molar-refractivity contribution in [2.75, 3.05) is 0 Å². The van der Waals surface area contributed by atoms with Crippen LogP contribution in [0.25, 0.3) is 5.69 Å². The Morgan fingerprint density at radius 3 is 2.93 bits per heavy atom. The van der Waals surface area contributed by atoms with Gasteiger partial charge in [0.15, 0.2) is 0 Å². The number of benzene rings is 1. The zero-order valence-electron chi connectivity index (χ0n) is 7.49. The molecule has 0 radical (unpaired) electrons. The number of aromatic nitrogens is 3. The van der Waals surface area contributed by atoms with E-state index >= 15 is 0 Å². The first-order valence-electron chi connectivity index (χ1n) is 4.13. The summed E-state index contributed by atoms with van der Waals surface area (Å²) in [6.07, 6.45) is 1.51. The zero-order valence-corrected chi connectivity index (χ0v) is 9.00. The Bertz CT molecular complexity index is 484. The highest BCUT2D eigenvalue weighted by atomic mass is 35.5. The molecule has 1 aromatic heterocycles. The summed E-state index contributed by atoms with van der Waals surface area (Å²) < 4.78 is 14.4. The average Bonchev–Trinajstić information content (AvgIpc) is 2.69. The van der Waals surface area contributed by atoms with E-state index in [0.717, 1.165) is 0 Å². The van der Waals surface area contributed by atoms with Crippen molar-refractivity contribution in [2.24, 2.45) is 0 Å². The summed E-state index contributed by atoms with van der Waals surface area (Å²) in [5.41, 5.74) is 1.09. The van der Waals surface area contributed by atoms with Crippen LogP contribution in [0.5, 0.6) is 0 Å². The first kappa shape index (κ1) is 10.4. The van der Waals surface area contributed by atoms with Gasteiger partial charge in [-0.15, -0.1) is 16.7 Å². The van der Waals surface area contributed by atoms with E-state index in [1.165, 1.54) is 29.1 Å². The second-order valence-electron chi connectivity index (χ2n) is 2.87. The van der Waals surface area contributed by atoms with Gasteiger partial charge in [-0.25, -0.2) is 9.07 Å². The smallest absolute Gasteiger partial charge is 0.125 e. The van der Waals surface area contributed by atoms with Crippen molar-refractivity contribution in [2.45, 2.75) is 5.88 Å². The second-order valence-corrected chi connectivity index (χ2v) is 3.54. The van der Waals surface area contributed by atoms with E-state index in [4.69, 9.17) is 23.2 Å². The quantitative estimate of drug-likeness (QED) is 0.763. The first-order valence-corrected chi connectivity index (χ1v) is 5.04. The molecule has 0 aliphatic heterocycles. The number of alkyl halides is 1. The molecule has 0 fully saturated rings. The Morgan fingerprint density at radius 1 is 1.40 bits per heavy atom. The average molecular weight is 246 g/mol. The third kappa shape index (κ3) is 1.96. The largest absolute Gasteiger partial charge is 0.215 e. The Labute approximate surface area is 95.4 Å². The molecule has 0 bridgehead atoms. The lowest BCUT2D eigenvalue weighted by molar-refractivity contribution is 0.624. The predicted molar refractivity (Wildman–Crippen MR) is 55.9 cm³/mol. The van der Waals surface area contributed by atoms with Crippen molar-refractivity contribution >= 4 is 23.2 Å². The molecular formula is C9H6Cl2FN3. The molecular weight excluding hydrogens is 240 g/mol. The second kappa shape index (κ2) is 4.16. The molecule has 0 aliphatic rings. The Balaban J connectivity index is 2.58. The van der Waals surface area contributed by atoms with E-state index in [1.54, 1.807) is 0 Å². The maximum atomic E-state index is 13.0. The maximum Gasteiger partial charge on any atom is 0.125 e. The van der Waals surface area contributed by atoms with Crippen molar-refractivity contribution in [3.05, 3.63) is 40.9 Å².